The van der Waals surface area contributed by atoms with Crippen LogP contribution in [0.4, 0.5) is 0 Å². The number of phenolic OH excluding ortho intramolecular Hbond substituents is 1. The number of guanidine groups is 2. The number of likely N-dealkylation sites (tertiary alicyclic amines) is 1. The highest BCUT2D eigenvalue weighted by molar-refractivity contribution is 5.97. The third kappa shape index (κ3) is 17.0. The van der Waals surface area contributed by atoms with Crippen molar-refractivity contribution in [3.05, 3.63) is 29.8 Å². The third-order valence-electron chi connectivity index (χ3n) is 9.75. The maximum absolute atomic E-state index is 14.2. The van der Waals surface area contributed by atoms with Crippen LogP contribution in [0.5, 0.6) is 5.75 Å². The Morgan fingerprint density at radius 1 is 0.797 bits per heavy atom. The highest BCUT2D eigenvalue weighted by Crippen LogP contribution is 2.23. The molecule has 0 aliphatic carbocycles. The number of carbonyl (C=O) groups is 6. The first-order valence-corrected chi connectivity index (χ1v) is 19.9. The predicted octanol–water partition coefficient (Wildman–Crippen LogP) is -1.26. The molecule has 20 heteroatoms. The molecule has 20 nitrogen and oxygen atoms in total. The van der Waals surface area contributed by atoms with E-state index in [1.807, 2.05) is 13.8 Å². The third-order valence-corrected chi connectivity index (χ3v) is 9.75. The first-order valence-electron chi connectivity index (χ1n) is 19.9. The summed E-state index contributed by atoms with van der Waals surface area (Å²) in [7, 11) is 1.61. The summed E-state index contributed by atoms with van der Waals surface area (Å²) >= 11 is 0. The summed E-state index contributed by atoms with van der Waals surface area (Å²) in [6.07, 6.45) is 2.17. The van der Waals surface area contributed by atoms with Gasteiger partial charge in [-0.2, -0.15) is 0 Å². The quantitative estimate of drug-likeness (QED) is 0.0349. The average Bonchev–Trinajstić information content (AvgIpc) is 3.64. The smallest absolute Gasteiger partial charge is 0.326 e. The number of nitrogens with two attached hydrogens (primary N) is 4. The highest BCUT2D eigenvalue weighted by Gasteiger charge is 2.41. The molecule has 1 heterocycles. The Kier molecular flexibility index (Phi) is 19.9. The molecule has 0 saturated carbocycles. The summed E-state index contributed by atoms with van der Waals surface area (Å²) < 4.78 is 0. The summed E-state index contributed by atoms with van der Waals surface area (Å²) in [5, 5.41) is 33.5. The zero-order chi connectivity index (χ0) is 44.4. The molecule has 1 aromatic rings. The van der Waals surface area contributed by atoms with Crippen molar-refractivity contribution in [1.29, 1.82) is 0 Å². The molecule has 1 aliphatic rings. The lowest BCUT2D eigenvalue weighted by atomic mass is 9.85. The Balaban J connectivity index is 2.39. The van der Waals surface area contributed by atoms with Crippen LogP contribution in [0.1, 0.15) is 85.1 Å². The number of rotatable bonds is 23. The fourth-order valence-electron chi connectivity index (χ4n) is 6.66. The number of amides is 5. The van der Waals surface area contributed by atoms with E-state index >= 15 is 0 Å². The van der Waals surface area contributed by atoms with Gasteiger partial charge in [-0.15, -0.1) is 0 Å². The number of likely N-dealkylation sites (N-methyl/N-ethyl adjacent to an activating group) is 1. The molecule has 0 aromatic heterocycles. The molecule has 6 atom stereocenters. The van der Waals surface area contributed by atoms with E-state index in [1.165, 1.54) is 17.0 Å². The van der Waals surface area contributed by atoms with Gasteiger partial charge in [-0.05, 0) is 81.0 Å². The Labute approximate surface area is 346 Å². The number of phenols is 1. The topological polar surface area (TPSA) is 335 Å². The molecule has 0 unspecified atom stereocenters. The van der Waals surface area contributed by atoms with Gasteiger partial charge >= 0.3 is 5.97 Å². The molecule has 0 bridgehead atoms. The van der Waals surface area contributed by atoms with E-state index in [4.69, 9.17) is 22.9 Å². The molecule has 5 amide bonds. The van der Waals surface area contributed by atoms with Gasteiger partial charge in [-0.1, -0.05) is 46.8 Å². The Morgan fingerprint density at radius 2 is 1.34 bits per heavy atom. The van der Waals surface area contributed by atoms with E-state index in [2.05, 4.69) is 36.6 Å². The maximum Gasteiger partial charge on any atom is 0.326 e. The van der Waals surface area contributed by atoms with Crippen LogP contribution >= 0.6 is 0 Å². The molecular formula is C39H66N12O8. The first-order chi connectivity index (χ1) is 27.6. The summed E-state index contributed by atoms with van der Waals surface area (Å²) in [6, 6.07) is -0.378. The number of aliphatic imine (C=N–C) groups is 2. The van der Waals surface area contributed by atoms with E-state index < -0.39 is 77.2 Å². The van der Waals surface area contributed by atoms with Crippen LogP contribution in [0, 0.1) is 11.3 Å². The molecule has 330 valence electrons. The molecule has 0 radical (unpaired) electrons. The lowest BCUT2D eigenvalue weighted by Crippen LogP contribution is -2.61. The van der Waals surface area contributed by atoms with Gasteiger partial charge in [0, 0.05) is 26.1 Å². The van der Waals surface area contributed by atoms with Gasteiger partial charge in [0.15, 0.2) is 11.9 Å². The van der Waals surface area contributed by atoms with E-state index in [9.17, 15) is 39.0 Å². The van der Waals surface area contributed by atoms with Gasteiger partial charge in [0.05, 0.1) is 6.04 Å². The molecule has 1 fully saturated rings. The van der Waals surface area contributed by atoms with Crippen LogP contribution in [0.2, 0.25) is 0 Å². The standard InChI is InChI=1S/C39H66N12O8/c1-22(2)20-28(36(58)59)49-34(56)30(39(3,4)5)50-32(54)27(21-23-13-15-24(52)16-14-23)48-33(55)29-12-9-19-51(29)35(57)26(11-8-18-46-38(42)43)47-31(53)25(44-6)10-7-17-45-37(40)41/h13-16,22,25-30,44,52H,7-12,17-21H2,1-6H3,(H,47,53)(H,48,55)(H,49,56)(H,50,54)(H,58,59)(H4,40,41,45)(H4,42,43,46)/t25-,26-,27-,28-,29-,30+/m0/s1. The number of nitrogens with zero attached hydrogens (tertiary/aromatic N) is 3. The summed E-state index contributed by atoms with van der Waals surface area (Å²) in [6.45, 7) is 9.48. The van der Waals surface area contributed by atoms with Gasteiger partial charge in [0.2, 0.25) is 29.5 Å². The fourth-order valence-corrected chi connectivity index (χ4v) is 6.66. The zero-order valence-corrected chi connectivity index (χ0v) is 35.1. The second kappa shape index (κ2) is 23.7. The Morgan fingerprint density at radius 3 is 1.85 bits per heavy atom. The number of hydrogen-bond acceptors (Lipinski definition) is 10. The Hall–Kier alpha value is -5.66. The van der Waals surface area contributed by atoms with Crippen molar-refractivity contribution in [2.24, 2.45) is 44.3 Å². The molecule has 1 aliphatic heterocycles. The monoisotopic (exact) mass is 831 g/mol. The highest BCUT2D eigenvalue weighted by atomic mass is 16.4. The van der Waals surface area contributed by atoms with Crippen LogP contribution in [0.15, 0.2) is 34.3 Å². The van der Waals surface area contributed by atoms with E-state index in [-0.39, 0.29) is 62.4 Å². The average molecular weight is 831 g/mol. The SMILES string of the molecule is CN[C@@H](CCCN=C(N)N)C(=O)N[C@@H](CCCN=C(N)N)C(=O)N1CCC[C@H]1C(=O)N[C@@H](Cc1ccc(O)cc1)C(=O)N[C@H](C(=O)N[C@@H](CC(C)C)C(=O)O)C(C)(C)C. The molecule has 0 spiro atoms. The number of carboxylic acid groups (broad SMARTS) is 1. The van der Waals surface area contributed by atoms with Crippen LogP contribution < -0.4 is 49.5 Å². The minimum absolute atomic E-state index is 0.00956. The molecule has 1 aromatic carbocycles. The lowest BCUT2D eigenvalue weighted by molar-refractivity contribution is -0.143. The van der Waals surface area contributed by atoms with E-state index in [0.717, 1.165) is 0 Å². The van der Waals surface area contributed by atoms with Gasteiger partial charge in [0.25, 0.3) is 0 Å². The van der Waals surface area contributed by atoms with Gasteiger partial charge < -0.3 is 64.6 Å². The van der Waals surface area contributed by atoms with Crippen LogP contribution in [-0.4, -0.2) is 125 Å². The van der Waals surface area contributed by atoms with Crippen molar-refractivity contribution in [3.8, 4) is 5.75 Å². The normalized spacial score (nSPS) is 16.5. The predicted molar refractivity (Wildman–Crippen MR) is 223 cm³/mol. The largest absolute Gasteiger partial charge is 0.508 e. The minimum Gasteiger partial charge on any atom is -0.508 e. The van der Waals surface area contributed by atoms with Crippen molar-refractivity contribution in [2.75, 3.05) is 26.7 Å². The van der Waals surface area contributed by atoms with Crippen molar-refractivity contribution in [3.63, 3.8) is 0 Å². The van der Waals surface area contributed by atoms with Gasteiger partial charge in [0.1, 0.15) is 36.0 Å². The second-order valence-corrected chi connectivity index (χ2v) is 16.3. The number of carboxylic acids is 1. The molecule has 2 rings (SSSR count). The van der Waals surface area contributed by atoms with Crippen molar-refractivity contribution in [2.45, 2.75) is 122 Å². The van der Waals surface area contributed by atoms with Gasteiger partial charge in [-0.3, -0.25) is 34.0 Å². The fraction of sp³-hybridized carbons (Fsp3) is 0.641. The molecular weight excluding hydrogens is 765 g/mol. The second-order valence-electron chi connectivity index (χ2n) is 16.3. The van der Waals surface area contributed by atoms with E-state index in [0.29, 0.717) is 37.8 Å². The summed E-state index contributed by atoms with van der Waals surface area (Å²) in [4.78, 5) is 90.8. The molecule has 1 saturated heterocycles. The zero-order valence-electron chi connectivity index (χ0n) is 35.1. The molecule has 15 N–H and O–H groups in total. The number of hydrogen-bond donors (Lipinski definition) is 11. The van der Waals surface area contributed by atoms with Crippen LogP contribution in [0.25, 0.3) is 0 Å². The maximum atomic E-state index is 14.2. The summed E-state index contributed by atoms with van der Waals surface area (Å²) in [5.41, 5.74) is 21.5. The van der Waals surface area contributed by atoms with Crippen molar-refractivity contribution < 1.29 is 39.0 Å². The van der Waals surface area contributed by atoms with Crippen molar-refractivity contribution in [1.82, 2.24) is 31.5 Å². The van der Waals surface area contributed by atoms with Crippen LogP contribution in [0.3, 0.4) is 0 Å². The van der Waals surface area contributed by atoms with E-state index in [1.54, 1.807) is 40.0 Å². The number of aliphatic carboxylic acids is 1. The van der Waals surface area contributed by atoms with Crippen molar-refractivity contribution >= 4 is 47.4 Å². The van der Waals surface area contributed by atoms with Gasteiger partial charge in [-0.25, -0.2) is 4.79 Å². The minimum atomic E-state index is -1.27. The number of aromatic hydroxyl groups is 1. The van der Waals surface area contributed by atoms with Crippen LogP contribution in [-0.2, 0) is 35.2 Å². The first kappa shape index (κ1) is 49.5. The molecule has 59 heavy (non-hydrogen) atoms. The number of nitrogens with one attached hydrogen (secondary N) is 5. The Bertz CT molecular complexity index is 1640. The number of carbonyl (C=O) groups excluding carboxylic acids is 5. The number of benzene rings is 1. The summed E-state index contributed by atoms with van der Waals surface area (Å²) in [5.74, 6) is -4.47. The lowest BCUT2D eigenvalue weighted by Gasteiger charge is -2.33.